The van der Waals surface area contributed by atoms with Crippen molar-refractivity contribution in [2.24, 2.45) is 5.73 Å². The molecule has 1 aromatic heterocycles. The van der Waals surface area contributed by atoms with Gasteiger partial charge in [0.05, 0.1) is 5.56 Å². The predicted molar refractivity (Wildman–Crippen MR) is 105 cm³/mol. The number of primary amides is 1. The van der Waals surface area contributed by atoms with Crippen LogP contribution < -0.4 is 5.73 Å². The number of nitrogens with two attached hydrogens (primary N) is 1. The number of halogens is 1. The highest BCUT2D eigenvalue weighted by molar-refractivity contribution is 6.30. The average molecular weight is 393 g/mol. The third kappa shape index (κ3) is 3.46. The summed E-state index contributed by atoms with van der Waals surface area (Å²) in [5.41, 5.74) is 8.71. The van der Waals surface area contributed by atoms with E-state index in [0.29, 0.717) is 29.4 Å². The van der Waals surface area contributed by atoms with E-state index in [0.717, 1.165) is 16.7 Å². The number of rotatable bonds is 3. The Morgan fingerprint density at radius 3 is 2.29 bits per heavy atom. The van der Waals surface area contributed by atoms with E-state index < -0.39 is 11.9 Å². The Morgan fingerprint density at radius 2 is 1.64 bits per heavy atom. The number of nitrogens with zero attached hydrogens (tertiary/aromatic N) is 3. The Bertz CT molecular complexity index is 1040. The summed E-state index contributed by atoms with van der Waals surface area (Å²) in [6.07, 6.45) is 3.34. The van der Waals surface area contributed by atoms with Crippen LogP contribution in [0.1, 0.15) is 21.5 Å². The lowest BCUT2D eigenvalue weighted by Gasteiger charge is -2.35. The predicted octanol–water partition coefficient (Wildman–Crippen LogP) is 2.85. The highest BCUT2D eigenvalue weighted by Gasteiger charge is 2.34. The lowest BCUT2D eigenvalue weighted by Crippen LogP contribution is -2.51. The van der Waals surface area contributed by atoms with Crippen molar-refractivity contribution in [1.82, 2.24) is 14.9 Å². The van der Waals surface area contributed by atoms with Crippen molar-refractivity contribution >= 4 is 23.4 Å². The minimum Gasteiger partial charge on any atom is -0.368 e. The molecule has 1 aliphatic heterocycles. The zero-order valence-corrected chi connectivity index (χ0v) is 15.6. The van der Waals surface area contributed by atoms with E-state index in [1.54, 1.807) is 12.1 Å². The second-order valence-corrected chi connectivity index (χ2v) is 7.06. The van der Waals surface area contributed by atoms with Gasteiger partial charge in [-0.15, -0.1) is 0 Å². The van der Waals surface area contributed by atoms with Crippen molar-refractivity contribution in [2.45, 2.75) is 19.0 Å². The highest BCUT2D eigenvalue weighted by Crippen LogP contribution is 2.25. The molecule has 0 radical (unpaired) electrons. The fourth-order valence-electron chi connectivity index (χ4n) is 3.34. The van der Waals surface area contributed by atoms with Crippen molar-refractivity contribution in [3.63, 3.8) is 0 Å². The molecule has 1 aliphatic rings. The zero-order chi connectivity index (χ0) is 19.7. The monoisotopic (exact) mass is 392 g/mol. The maximum Gasteiger partial charge on any atom is 0.257 e. The number of hydrogen-bond donors (Lipinski definition) is 1. The summed E-state index contributed by atoms with van der Waals surface area (Å²) in [6.45, 7) is 0.321. The molecule has 4 rings (SSSR count). The Morgan fingerprint density at radius 1 is 1.00 bits per heavy atom. The molecule has 2 heterocycles. The highest BCUT2D eigenvalue weighted by atomic mass is 35.5. The van der Waals surface area contributed by atoms with Gasteiger partial charge in [-0.3, -0.25) is 9.59 Å². The minimum atomic E-state index is -0.696. The standard InChI is InChI=1S/C21H17ClN4O2/c22-17-7-5-13(6-8-17)20-24-10-16(11-25-20)21(28)26-12-15-4-2-1-3-14(15)9-18(26)19(23)27/h1-8,10-11,18H,9,12H2,(H2,23,27)/t18-/m1/s1. The number of aromatic nitrogens is 2. The number of hydrogen-bond acceptors (Lipinski definition) is 4. The third-order valence-corrected chi connectivity index (χ3v) is 5.09. The topological polar surface area (TPSA) is 89.2 Å². The van der Waals surface area contributed by atoms with Gasteiger partial charge in [0.25, 0.3) is 5.91 Å². The van der Waals surface area contributed by atoms with Crippen LogP contribution >= 0.6 is 11.6 Å². The molecule has 0 bridgehead atoms. The summed E-state index contributed by atoms with van der Waals surface area (Å²) in [6, 6.07) is 14.2. The Kier molecular flexibility index (Phi) is 4.79. The van der Waals surface area contributed by atoms with E-state index in [4.69, 9.17) is 17.3 Å². The Hall–Kier alpha value is -3.25. The first-order valence-electron chi connectivity index (χ1n) is 8.78. The van der Waals surface area contributed by atoms with Crippen molar-refractivity contribution in [1.29, 1.82) is 0 Å². The first-order chi connectivity index (χ1) is 13.5. The van der Waals surface area contributed by atoms with Gasteiger partial charge in [-0.2, -0.15) is 0 Å². The fourth-order valence-corrected chi connectivity index (χ4v) is 3.47. The van der Waals surface area contributed by atoms with Crippen LogP contribution in [-0.4, -0.2) is 32.7 Å². The van der Waals surface area contributed by atoms with Gasteiger partial charge in [0.1, 0.15) is 6.04 Å². The maximum atomic E-state index is 13.0. The second-order valence-electron chi connectivity index (χ2n) is 6.63. The van der Waals surface area contributed by atoms with Crippen LogP contribution in [0, 0.1) is 0 Å². The van der Waals surface area contributed by atoms with Gasteiger partial charge >= 0.3 is 0 Å². The fraction of sp³-hybridized carbons (Fsp3) is 0.143. The van der Waals surface area contributed by atoms with Crippen molar-refractivity contribution in [3.05, 3.63) is 82.6 Å². The van der Waals surface area contributed by atoms with Gasteiger partial charge in [0.2, 0.25) is 5.91 Å². The molecule has 7 heteroatoms. The largest absolute Gasteiger partial charge is 0.368 e. The number of carbonyl (C=O) groups excluding carboxylic acids is 2. The Labute approximate surface area is 167 Å². The van der Waals surface area contributed by atoms with Crippen LogP contribution in [0.4, 0.5) is 0 Å². The van der Waals surface area contributed by atoms with Crippen LogP contribution in [0.15, 0.2) is 60.9 Å². The van der Waals surface area contributed by atoms with Crippen LogP contribution in [-0.2, 0) is 17.8 Å². The molecule has 2 aromatic carbocycles. The molecule has 1 atom stereocenters. The molecular weight excluding hydrogens is 376 g/mol. The molecule has 0 unspecified atom stereocenters. The lowest BCUT2D eigenvalue weighted by atomic mass is 9.93. The molecular formula is C21H17ClN4O2. The minimum absolute atomic E-state index is 0.309. The number of benzene rings is 2. The molecule has 0 saturated heterocycles. The first-order valence-corrected chi connectivity index (χ1v) is 9.16. The first kappa shape index (κ1) is 18.1. The van der Waals surface area contributed by atoms with Gasteiger partial charge in [-0.05, 0) is 35.4 Å². The third-order valence-electron chi connectivity index (χ3n) is 4.84. The van der Waals surface area contributed by atoms with Crippen LogP contribution in [0.2, 0.25) is 5.02 Å². The molecule has 28 heavy (non-hydrogen) atoms. The molecule has 0 fully saturated rings. The number of carbonyl (C=O) groups is 2. The molecule has 2 amide bonds. The van der Waals surface area contributed by atoms with Gasteiger partial charge in [0, 0.05) is 35.9 Å². The van der Waals surface area contributed by atoms with E-state index in [9.17, 15) is 9.59 Å². The summed E-state index contributed by atoms with van der Waals surface area (Å²) >= 11 is 5.90. The van der Waals surface area contributed by atoms with E-state index in [2.05, 4.69) is 9.97 Å². The second kappa shape index (κ2) is 7.40. The van der Waals surface area contributed by atoms with Crippen LogP contribution in [0.3, 0.4) is 0 Å². The summed E-state index contributed by atoms with van der Waals surface area (Å²) in [5, 5.41) is 0.624. The quantitative estimate of drug-likeness (QED) is 0.742. The van der Waals surface area contributed by atoms with Crippen molar-refractivity contribution < 1.29 is 9.59 Å². The zero-order valence-electron chi connectivity index (χ0n) is 14.9. The molecule has 6 nitrogen and oxygen atoms in total. The van der Waals surface area contributed by atoms with Gasteiger partial charge in [0.15, 0.2) is 5.82 Å². The summed E-state index contributed by atoms with van der Waals surface area (Å²) < 4.78 is 0. The van der Waals surface area contributed by atoms with E-state index >= 15 is 0 Å². The van der Waals surface area contributed by atoms with Gasteiger partial charge in [-0.1, -0.05) is 35.9 Å². The smallest absolute Gasteiger partial charge is 0.257 e. The average Bonchev–Trinajstić information content (AvgIpc) is 2.73. The molecule has 0 saturated carbocycles. The normalized spacial score (nSPS) is 15.8. The molecule has 0 aliphatic carbocycles. The number of amides is 2. The molecule has 140 valence electrons. The lowest BCUT2D eigenvalue weighted by molar-refractivity contribution is -0.122. The summed E-state index contributed by atoms with van der Waals surface area (Å²) in [5.74, 6) is -0.355. The maximum absolute atomic E-state index is 13.0. The molecule has 2 N–H and O–H groups in total. The van der Waals surface area contributed by atoms with Crippen molar-refractivity contribution in [3.8, 4) is 11.4 Å². The van der Waals surface area contributed by atoms with Crippen LogP contribution in [0.25, 0.3) is 11.4 Å². The van der Waals surface area contributed by atoms with Gasteiger partial charge < -0.3 is 10.6 Å². The van der Waals surface area contributed by atoms with E-state index in [-0.39, 0.29) is 5.91 Å². The molecule has 3 aromatic rings. The van der Waals surface area contributed by atoms with E-state index in [1.165, 1.54) is 17.3 Å². The van der Waals surface area contributed by atoms with Gasteiger partial charge in [-0.25, -0.2) is 9.97 Å². The Balaban J connectivity index is 1.61. The molecule has 0 spiro atoms. The summed E-state index contributed by atoms with van der Waals surface area (Å²) in [7, 11) is 0. The SMILES string of the molecule is NC(=O)[C@H]1Cc2ccccc2CN1C(=O)c1cnc(-c2ccc(Cl)cc2)nc1. The van der Waals surface area contributed by atoms with Crippen molar-refractivity contribution in [2.75, 3.05) is 0 Å². The summed E-state index contributed by atoms with van der Waals surface area (Å²) in [4.78, 5) is 35.1. The van der Waals surface area contributed by atoms with Crippen LogP contribution in [0.5, 0.6) is 0 Å². The number of fused-ring (bicyclic) bond motifs is 1. The van der Waals surface area contributed by atoms with E-state index in [1.807, 2.05) is 36.4 Å².